The van der Waals surface area contributed by atoms with Gasteiger partial charge >= 0.3 is 0 Å². The Balaban J connectivity index is 1.81. The van der Waals surface area contributed by atoms with Crippen molar-refractivity contribution in [2.24, 2.45) is 13.0 Å². The number of nitrogens with zero attached hydrogens (tertiary/aromatic N) is 3. The quantitative estimate of drug-likeness (QED) is 0.859. The zero-order valence-corrected chi connectivity index (χ0v) is 13.1. The molecule has 0 aliphatic carbocycles. The number of hydrogen-bond acceptors (Lipinski definition) is 4. The fourth-order valence-corrected chi connectivity index (χ4v) is 3.66. The van der Waals surface area contributed by atoms with Crippen LogP contribution < -0.4 is 16.0 Å². The number of amides is 1. The molecule has 116 valence electrons. The number of fused-ring (bicyclic) bond motifs is 1. The zero-order valence-electron chi connectivity index (χ0n) is 13.1. The molecule has 2 aliphatic heterocycles. The van der Waals surface area contributed by atoms with E-state index >= 15 is 0 Å². The molecule has 2 atom stereocenters. The minimum atomic E-state index is 0.201. The molecule has 0 bridgehead atoms. The van der Waals surface area contributed by atoms with Crippen LogP contribution in [0.25, 0.3) is 0 Å². The van der Waals surface area contributed by atoms with Gasteiger partial charge in [-0.3, -0.25) is 9.48 Å². The van der Waals surface area contributed by atoms with Crippen molar-refractivity contribution in [3.05, 3.63) is 5.69 Å². The number of carbonyl (C=O) groups is 1. The van der Waals surface area contributed by atoms with Crippen molar-refractivity contribution >= 4 is 17.4 Å². The number of nitrogens with one attached hydrogen (secondary N) is 1. The lowest BCUT2D eigenvalue weighted by Crippen LogP contribution is -2.54. The Kier molecular flexibility index (Phi) is 3.55. The summed E-state index contributed by atoms with van der Waals surface area (Å²) < 4.78 is 1.91. The molecular formula is C15H25N5O. The normalized spacial score (nSPS) is 25.9. The van der Waals surface area contributed by atoms with Crippen LogP contribution in [0.15, 0.2) is 0 Å². The summed E-state index contributed by atoms with van der Waals surface area (Å²) in [6.07, 6.45) is 2.60. The van der Waals surface area contributed by atoms with Crippen LogP contribution in [0.3, 0.4) is 0 Å². The topological polar surface area (TPSA) is 76.2 Å². The van der Waals surface area contributed by atoms with Gasteiger partial charge in [0.05, 0.1) is 11.4 Å². The monoisotopic (exact) mass is 291 g/mol. The highest BCUT2D eigenvalue weighted by molar-refractivity contribution is 5.77. The third-order valence-electron chi connectivity index (χ3n) is 4.75. The Labute approximate surface area is 125 Å². The molecule has 0 radical (unpaired) electrons. The number of aryl methyl sites for hydroxylation is 1. The smallest absolute Gasteiger partial charge is 0.220 e. The van der Waals surface area contributed by atoms with Gasteiger partial charge in [0.2, 0.25) is 5.91 Å². The van der Waals surface area contributed by atoms with E-state index in [0.29, 0.717) is 24.3 Å². The van der Waals surface area contributed by atoms with Crippen LogP contribution in [0, 0.1) is 5.92 Å². The van der Waals surface area contributed by atoms with E-state index in [1.165, 1.54) is 0 Å². The molecule has 2 unspecified atom stereocenters. The summed E-state index contributed by atoms with van der Waals surface area (Å²) in [4.78, 5) is 13.8. The second kappa shape index (κ2) is 5.24. The molecule has 1 aromatic rings. The van der Waals surface area contributed by atoms with Gasteiger partial charge in [0, 0.05) is 32.6 Å². The highest BCUT2D eigenvalue weighted by Gasteiger charge is 2.35. The van der Waals surface area contributed by atoms with Crippen molar-refractivity contribution in [1.82, 2.24) is 15.1 Å². The summed E-state index contributed by atoms with van der Waals surface area (Å²) in [6.45, 7) is 6.10. The van der Waals surface area contributed by atoms with E-state index in [1.54, 1.807) is 0 Å². The SMILES string of the molecule is CC(C)c1nn(C)c(N2CCC3NC(=O)CCC3C2)c1N. The molecular weight excluding hydrogens is 266 g/mol. The van der Waals surface area contributed by atoms with E-state index in [2.05, 4.69) is 29.2 Å². The number of rotatable bonds is 2. The van der Waals surface area contributed by atoms with Gasteiger partial charge in [-0.05, 0) is 24.7 Å². The summed E-state index contributed by atoms with van der Waals surface area (Å²) in [5, 5.41) is 7.70. The van der Waals surface area contributed by atoms with Crippen molar-refractivity contribution in [3.8, 4) is 0 Å². The molecule has 3 rings (SSSR count). The second-order valence-corrected chi connectivity index (χ2v) is 6.61. The first-order valence-electron chi connectivity index (χ1n) is 7.84. The van der Waals surface area contributed by atoms with Gasteiger partial charge < -0.3 is 16.0 Å². The molecule has 2 saturated heterocycles. The number of nitrogen functional groups attached to an aromatic ring is 1. The van der Waals surface area contributed by atoms with Crippen LogP contribution in [-0.2, 0) is 11.8 Å². The van der Waals surface area contributed by atoms with E-state index in [0.717, 1.165) is 43.1 Å². The molecule has 0 aromatic carbocycles. The molecule has 1 amide bonds. The van der Waals surface area contributed by atoms with Crippen LogP contribution in [0.5, 0.6) is 0 Å². The fourth-order valence-electron chi connectivity index (χ4n) is 3.66. The first-order chi connectivity index (χ1) is 9.97. The molecule has 1 aromatic heterocycles. The third kappa shape index (κ3) is 2.47. The van der Waals surface area contributed by atoms with E-state index in [9.17, 15) is 4.79 Å². The maximum atomic E-state index is 11.5. The molecule has 2 aliphatic rings. The van der Waals surface area contributed by atoms with Crippen molar-refractivity contribution in [3.63, 3.8) is 0 Å². The first-order valence-corrected chi connectivity index (χ1v) is 7.84. The fraction of sp³-hybridized carbons (Fsp3) is 0.733. The highest BCUT2D eigenvalue weighted by atomic mass is 16.1. The molecule has 6 heteroatoms. The standard InChI is InChI=1S/C15H25N5O/c1-9(2)14-13(16)15(19(3)18-14)20-7-6-11-10(8-20)4-5-12(21)17-11/h9-11H,4-8,16H2,1-3H3,(H,17,21). The molecule has 21 heavy (non-hydrogen) atoms. The minimum absolute atomic E-state index is 0.201. The van der Waals surface area contributed by atoms with Crippen LogP contribution in [0.1, 0.15) is 44.7 Å². The van der Waals surface area contributed by atoms with E-state index in [1.807, 2.05) is 11.7 Å². The predicted octanol–water partition coefficient (Wildman–Crippen LogP) is 1.23. The molecule has 0 saturated carbocycles. The Hall–Kier alpha value is -1.72. The Morgan fingerprint density at radius 1 is 1.38 bits per heavy atom. The van der Waals surface area contributed by atoms with E-state index in [-0.39, 0.29) is 5.91 Å². The number of piperidine rings is 2. The Morgan fingerprint density at radius 2 is 2.14 bits per heavy atom. The molecule has 6 nitrogen and oxygen atoms in total. The first kappa shape index (κ1) is 14.2. The lowest BCUT2D eigenvalue weighted by molar-refractivity contribution is -0.124. The van der Waals surface area contributed by atoms with Gasteiger partial charge in [-0.1, -0.05) is 13.8 Å². The van der Waals surface area contributed by atoms with Crippen molar-refractivity contribution in [2.75, 3.05) is 23.7 Å². The van der Waals surface area contributed by atoms with Crippen LogP contribution >= 0.6 is 0 Å². The van der Waals surface area contributed by atoms with E-state index in [4.69, 9.17) is 5.73 Å². The number of hydrogen-bond donors (Lipinski definition) is 2. The summed E-state index contributed by atoms with van der Waals surface area (Å²) in [5.74, 6) is 2.09. The molecule has 3 N–H and O–H groups in total. The average molecular weight is 291 g/mol. The maximum absolute atomic E-state index is 11.5. The number of nitrogens with two attached hydrogens (primary N) is 1. The van der Waals surface area contributed by atoms with Gasteiger partial charge in [0.25, 0.3) is 0 Å². The van der Waals surface area contributed by atoms with Gasteiger partial charge in [0.1, 0.15) is 5.82 Å². The van der Waals surface area contributed by atoms with Crippen LogP contribution in [0.2, 0.25) is 0 Å². The van der Waals surface area contributed by atoms with Crippen LogP contribution in [-0.4, -0.2) is 34.8 Å². The Bertz CT molecular complexity index is 551. The number of carbonyl (C=O) groups excluding carboxylic acids is 1. The summed E-state index contributed by atoms with van der Waals surface area (Å²) in [5.41, 5.74) is 8.12. The van der Waals surface area contributed by atoms with Gasteiger partial charge in [-0.25, -0.2) is 0 Å². The number of aromatic nitrogens is 2. The lowest BCUT2D eigenvalue weighted by atomic mass is 9.85. The van der Waals surface area contributed by atoms with Gasteiger partial charge in [-0.15, -0.1) is 0 Å². The maximum Gasteiger partial charge on any atom is 0.220 e. The lowest BCUT2D eigenvalue weighted by Gasteiger charge is -2.42. The minimum Gasteiger partial charge on any atom is -0.394 e. The summed E-state index contributed by atoms with van der Waals surface area (Å²) in [7, 11) is 1.96. The van der Waals surface area contributed by atoms with Gasteiger partial charge in [-0.2, -0.15) is 5.10 Å². The predicted molar refractivity (Wildman–Crippen MR) is 83.2 cm³/mol. The summed E-state index contributed by atoms with van der Waals surface area (Å²) in [6, 6.07) is 0.335. The Morgan fingerprint density at radius 3 is 2.81 bits per heavy atom. The van der Waals surface area contributed by atoms with Gasteiger partial charge in [0.15, 0.2) is 0 Å². The summed E-state index contributed by atoms with van der Waals surface area (Å²) >= 11 is 0. The van der Waals surface area contributed by atoms with Crippen LogP contribution in [0.4, 0.5) is 11.5 Å². The van der Waals surface area contributed by atoms with Crippen molar-refractivity contribution < 1.29 is 4.79 Å². The zero-order chi connectivity index (χ0) is 15.1. The van der Waals surface area contributed by atoms with E-state index < -0.39 is 0 Å². The largest absolute Gasteiger partial charge is 0.394 e. The van der Waals surface area contributed by atoms with Crippen molar-refractivity contribution in [2.45, 2.75) is 45.1 Å². The van der Waals surface area contributed by atoms with Crippen molar-refractivity contribution in [1.29, 1.82) is 0 Å². The second-order valence-electron chi connectivity index (χ2n) is 6.61. The third-order valence-corrected chi connectivity index (χ3v) is 4.75. The molecule has 3 heterocycles. The highest BCUT2D eigenvalue weighted by Crippen LogP contribution is 2.34. The average Bonchev–Trinajstić information content (AvgIpc) is 2.74. The molecule has 0 spiro atoms. The molecule has 2 fully saturated rings. The number of anilines is 2.